The number of alkyl halides is 3. The van der Waals surface area contributed by atoms with E-state index in [2.05, 4.69) is 31.3 Å². The molecule has 5 heterocycles. The highest BCUT2D eigenvalue weighted by Crippen LogP contribution is 2.62. The average molecular weight is 1030 g/mol. The smallest absolute Gasteiger partial charge is 0.417 e. The van der Waals surface area contributed by atoms with Crippen molar-refractivity contribution >= 4 is 67.8 Å². The van der Waals surface area contributed by atoms with Crippen LogP contribution in [-0.4, -0.2) is 71.7 Å². The van der Waals surface area contributed by atoms with Gasteiger partial charge in [-0.2, -0.15) is 18.2 Å². The van der Waals surface area contributed by atoms with Gasteiger partial charge in [0.05, 0.1) is 71.3 Å². The van der Waals surface area contributed by atoms with Gasteiger partial charge in [0.2, 0.25) is 0 Å². The number of phenolic OH excluding ortho intramolecular Hbond substituents is 1. The van der Waals surface area contributed by atoms with Gasteiger partial charge in [-0.15, -0.1) is 0 Å². The van der Waals surface area contributed by atoms with Gasteiger partial charge >= 0.3 is 17.6 Å². The molecule has 348 valence electrons. The molecule has 2 amide bonds. The van der Waals surface area contributed by atoms with Gasteiger partial charge in [-0.1, -0.05) is 41.4 Å². The average Bonchev–Trinajstić information content (AvgIpc) is 3.67. The van der Waals surface area contributed by atoms with Crippen molar-refractivity contribution in [1.82, 2.24) is 33.5 Å². The topological polar surface area (TPSA) is 194 Å². The highest BCUT2D eigenvalue weighted by molar-refractivity contribution is 9.10. The van der Waals surface area contributed by atoms with E-state index in [4.69, 9.17) is 37.4 Å². The van der Waals surface area contributed by atoms with E-state index in [-0.39, 0.29) is 47.6 Å². The first-order valence-electron chi connectivity index (χ1n) is 20.3. The third-order valence-electron chi connectivity index (χ3n) is 12.7. The number of hydrazine groups is 1. The molecule has 9 rings (SSSR count). The van der Waals surface area contributed by atoms with E-state index in [0.29, 0.717) is 61.5 Å². The van der Waals surface area contributed by atoms with Crippen LogP contribution < -0.4 is 36.6 Å². The zero-order valence-corrected chi connectivity index (χ0v) is 38.6. The normalized spacial score (nSPS) is 20.1. The van der Waals surface area contributed by atoms with E-state index in [1.54, 1.807) is 43.5 Å². The van der Waals surface area contributed by atoms with E-state index in [9.17, 15) is 32.7 Å². The Morgan fingerprint density at radius 2 is 1.63 bits per heavy atom. The number of aromatic hydroxyl groups is 1. The number of allylic oxidation sites excluding steroid dienone is 2. The van der Waals surface area contributed by atoms with Crippen LogP contribution in [0.1, 0.15) is 40.8 Å². The molecular weight excluding hydrogens is 992 g/mol. The Bertz CT molecular complexity index is 3300. The standard InChI is InChI=1S/C44H36BrCl2F3N8O9/c1-54-31-18-33(66-3)32(65-2)17-29(31)52-28(39(54)61)10-11-55-41(63)56-12-9-24-30(58(56)42(55)64)16-25-38(60)57(53-37-27(47)15-22(19-51-37)44(48,49)50)40(62)43(25,21-5-7-23(46)8-6-21)35(24)20-13-26(45)36(59)34(14-20)67-4/h5-9,13-15,17-19,25,30,35,59H,10-12,16H2,1-4H3,(H,51,53). The van der Waals surface area contributed by atoms with Crippen molar-refractivity contribution in [3.63, 3.8) is 0 Å². The molecule has 3 aromatic carbocycles. The van der Waals surface area contributed by atoms with Crippen molar-refractivity contribution in [2.75, 3.05) is 26.8 Å². The molecular formula is C44H36BrCl2F3N8O9. The van der Waals surface area contributed by atoms with Crippen molar-refractivity contribution in [2.24, 2.45) is 13.0 Å². The molecule has 6 aromatic rings. The number of halogens is 6. The molecule has 1 aliphatic carbocycles. The second-order valence-electron chi connectivity index (χ2n) is 16.0. The summed E-state index contributed by atoms with van der Waals surface area (Å²) in [5.74, 6) is -4.20. The zero-order valence-electron chi connectivity index (χ0n) is 35.5. The number of aromatic nitrogens is 6. The van der Waals surface area contributed by atoms with E-state index in [0.717, 1.165) is 4.57 Å². The minimum atomic E-state index is -4.80. The number of pyridine rings is 1. The number of hydrogen-bond acceptors (Lipinski definition) is 12. The maximum absolute atomic E-state index is 15.5. The summed E-state index contributed by atoms with van der Waals surface area (Å²) in [4.78, 5) is 81.5. The summed E-state index contributed by atoms with van der Waals surface area (Å²) in [5, 5.41) is 11.4. The van der Waals surface area contributed by atoms with Crippen LogP contribution >= 0.6 is 39.1 Å². The molecule has 23 heteroatoms. The number of amides is 2. The predicted octanol–water partition coefficient (Wildman–Crippen LogP) is 6.13. The number of nitrogens with one attached hydrogen (secondary N) is 1. The molecule has 67 heavy (non-hydrogen) atoms. The maximum atomic E-state index is 15.5. The lowest BCUT2D eigenvalue weighted by atomic mass is 9.53. The first kappa shape index (κ1) is 45.6. The third kappa shape index (κ3) is 7.07. The molecule has 17 nitrogen and oxygen atoms in total. The number of hydrogen-bond donors (Lipinski definition) is 2. The van der Waals surface area contributed by atoms with Gasteiger partial charge in [0.1, 0.15) is 5.69 Å². The molecule has 3 aliphatic rings. The van der Waals surface area contributed by atoms with Crippen molar-refractivity contribution in [2.45, 2.75) is 49.5 Å². The second kappa shape index (κ2) is 16.6. The lowest BCUT2D eigenvalue weighted by Gasteiger charge is -2.49. The number of imide groups is 1. The van der Waals surface area contributed by atoms with Gasteiger partial charge in [-0.25, -0.2) is 33.5 Å². The lowest BCUT2D eigenvalue weighted by molar-refractivity contribution is -0.139. The van der Waals surface area contributed by atoms with Crippen molar-refractivity contribution in [3.05, 3.63) is 141 Å². The molecule has 4 unspecified atom stereocenters. The number of nitrogens with zero attached hydrogens (tertiary/aromatic N) is 7. The van der Waals surface area contributed by atoms with E-state index in [1.807, 2.05) is 0 Å². The first-order valence-corrected chi connectivity index (χ1v) is 21.8. The summed E-state index contributed by atoms with van der Waals surface area (Å²) in [6.45, 7) is -0.443. The number of benzene rings is 3. The fourth-order valence-electron chi connectivity index (χ4n) is 9.66. The molecule has 2 aliphatic heterocycles. The summed E-state index contributed by atoms with van der Waals surface area (Å²) < 4.78 is 62.1. The highest BCUT2D eigenvalue weighted by atomic mass is 79.9. The summed E-state index contributed by atoms with van der Waals surface area (Å²) in [6.07, 6.45) is -2.99. The fraction of sp³-hybridized carbons (Fsp3) is 0.295. The molecule has 2 fully saturated rings. The largest absolute Gasteiger partial charge is 0.503 e. The molecule has 0 bridgehead atoms. The minimum absolute atomic E-state index is 0.00976. The van der Waals surface area contributed by atoms with Crippen molar-refractivity contribution in [1.29, 1.82) is 0 Å². The Kier molecular flexibility index (Phi) is 11.3. The van der Waals surface area contributed by atoms with Crippen LogP contribution in [0, 0.1) is 5.92 Å². The number of anilines is 1. The van der Waals surface area contributed by atoms with Crippen LogP contribution in [0.15, 0.2) is 91.3 Å². The van der Waals surface area contributed by atoms with Crippen LogP contribution in [-0.2, 0) is 47.7 Å². The van der Waals surface area contributed by atoms with Crippen LogP contribution in [0.25, 0.3) is 11.0 Å². The summed E-state index contributed by atoms with van der Waals surface area (Å²) >= 11 is 16.1. The predicted molar refractivity (Wildman–Crippen MR) is 240 cm³/mol. The van der Waals surface area contributed by atoms with E-state index >= 15 is 9.59 Å². The quantitative estimate of drug-likeness (QED) is 0.118. The molecule has 1 saturated heterocycles. The number of fused-ring (bicyclic) bond motifs is 5. The Morgan fingerprint density at radius 1 is 0.940 bits per heavy atom. The monoisotopic (exact) mass is 1030 g/mol. The fourth-order valence-corrected chi connectivity index (χ4v) is 10.5. The van der Waals surface area contributed by atoms with Gasteiger partial charge in [-0.05, 0) is 69.4 Å². The molecule has 3 aromatic heterocycles. The van der Waals surface area contributed by atoms with Gasteiger partial charge < -0.3 is 23.9 Å². The molecule has 4 atom stereocenters. The van der Waals surface area contributed by atoms with Crippen molar-refractivity contribution in [3.8, 4) is 23.0 Å². The Labute approximate surface area is 394 Å². The van der Waals surface area contributed by atoms with Crippen LogP contribution in [0.5, 0.6) is 23.0 Å². The summed E-state index contributed by atoms with van der Waals surface area (Å²) in [7, 11) is 5.79. The van der Waals surface area contributed by atoms with E-state index in [1.165, 1.54) is 53.5 Å². The Balaban J connectivity index is 1.19. The number of carbonyl (C=O) groups excluding carboxylic acids is 2. The minimum Gasteiger partial charge on any atom is -0.503 e. The molecule has 0 radical (unpaired) electrons. The highest BCUT2D eigenvalue weighted by Gasteiger charge is 2.69. The summed E-state index contributed by atoms with van der Waals surface area (Å²) in [6, 6.07) is 12.0. The Morgan fingerprint density at radius 3 is 2.28 bits per heavy atom. The van der Waals surface area contributed by atoms with Gasteiger partial charge in [0.15, 0.2) is 28.8 Å². The Hall–Kier alpha value is -6.58. The summed E-state index contributed by atoms with van der Waals surface area (Å²) in [5.41, 5.74) is -0.457. The zero-order chi connectivity index (χ0) is 48.0. The number of ether oxygens (including phenoxy) is 3. The molecule has 2 N–H and O–H groups in total. The molecule has 0 spiro atoms. The van der Waals surface area contributed by atoms with Crippen LogP contribution in [0.4, 0.5) is 19.0 Å². The van der Waals surface area contributed by atoms with Gasteiger partial charge in [0, 0.05) is 49.3 Å². The van der Waals surface area contributed by atoms with Crippen LogP contribution in [0.3, 0.4) is 0 Å². The van der Waals surface area contributed by atoms with Crippen molar-refractivity contribution < 1.29 is 42.1 Å². The number of rotatable bonds is 10. The second-order valence-corrected chi connectivity index (χ2v) is 17.7. The van der Waals surface area contributed by atoms with Gasteiger partial charge in [-0.3, -0.25) is 19.8 Å². The number of carbonyl (C=O) groups is 2. The van der Waals surface area contributed by atoms with Crippen LogP contribution in [0.2, 0.25) is 10.0 Å². The first-order chi connectivity index (χ1) is 31.8. The number of methoxy groups -OCH3 is 3. The lowest BCUT2D eigenvalue weighted by Crippen LogP contribution is -2.53. The van der Waals surface area contributed by atoms with Gasteiger partial charge in [0.25, 0.3) is 17.4 Å². The van der Waals surface area contributed by atoms with E-state index < -0.39 is 74.6 Å². The number of phenols is 1. The third-order valence-corrected chi connectivity index (χ3v) is 13.9. The molecule has 1 saturated carbocycles. The number of aryl methyl sites for hydroxylation is 2. The SMILES string of the molecule is COc1cc2nc(CCn3c(=O)n4n(c3=O)C3CC5C(=O)N(Nc6ncc(C(F)(F)F)cc6Cl)C(=O)C5(c5ccc(Cl)cc5)C(c5cc(Br)c(O)c(OC)c5)C3=CC4)c(=O)n(C)c2cc1OC. The maximum Gasteiger partial charge on any atom is 0.417 e.